The molecule has 0 spiro atoms. The second-order valence-corrected chi connectivity index (χ2v) is 5.70. The average molecular weight is 315 g/mol. The van der Waals surface area contributed by atoms with Gasteiger partial charge in [-0.15, -0.1) is 0 Å². The van der Waals surface area contributed by atoms with Crippen molar-refractivity contribution in [3.05, 3.63) is 47.0 Å². The minimum Gasteiger partial charge on any atom is -0.493 e. The highest BCUT2D eigenvalue weighted by Gasteiger charge is 2.20. The maximum absolute atomic E-state index is 12.8. The monoisotopic (exact) mass is 315 g/mol. The van der Waals surface area contributed by atoms with E-state index in [2.05, 4.69) is 9.97 Å². The number of hydrogen-bond acceptors (Lipinski definition) is 4. The molecule has 3 rings (SSSR count). The second kappa shape index (κ2) is 6.83. The Morgan fingerprint density at radius 3 is 3.09 bits per heavy atom. The van der Waals surface area contributed by atoms with E-state index in [9.17, 15) is 9.90 Å². The number of aryl methyl sites for hydroxylation is 2. The van der Waals surface area contributed by atoms with Gasteiger partial charge in [0.1, 0.15) is 5.75 Å². The number of carbonyl (C=O) groups excluding carboxylic acids is 1. The van der Waals surface area contributed by atoms with Crippen molar-refractivity contribution >= 4 is 5.91 Å². The Labute approximate surface area is 135 Å². The van der Waals surface area contributed by atoms with E-state index in [0.29, 0.717) is 12.1 Å². The number of H-pyrrole nitrogens is 1. The number of nitrogens with one attached hydrogen (secondary N) is 1. The fourth-order valence-corrected chi connectivity index (χ4v) is 2.78. The molecule has 6 heteroatoms. The van der Waals surface area contributed by atoms with Crippen LogP contribution < -0.4 is 4.74 Å². The van der Waals surface area contributed by atoms with Gasteiger partial charge in [-0.1, -0.05) is 0 Å². The number of aliphatic hydroxyl groups is 1. The summed E-state index contributed by atoms with van der Waals surface area (Å²) < 4.78 is 5.59. The molecule has 1 aromatic carbocycles. The van der Waals surface area contributed by atoms with E-state index in [1.807, 2.05) is 19.1 Å². The lowest BCUT2D eigenvalue weighted by Crippen LogP contribution is -2.33. The highest BCUT2D eigenvalue weighted by atomic mass is 16.5. The predicted octanol–water partition coefficient (Wildman–Crippen LogP) is 1.68. The zero-order valence-electron chi connectivity index (χ0n) is 13.2. The summed E-state index contributed by atoms with van der Waals surface area (Å²) in [5.74, 6) is 0.763. The number of carbonyl (C=O) groups is 1. The van der Waals surface area contributed by atoms with Crippen molar-refractivity contribution in [3.63, 3.8) is 0 Å². The quantitative estimate of drug-likeness (QED) is 0.880. The minimum absolute atomic E-state index is 0.0801. The van der Waals surface area contributed by atoms with Gasteiger partial charge in [-0.05, 0) is 43.5 Å². The SMILES string of the molecule is Cc1[nH]cnc1CN(CCO)C(=O)c1ccc2c(c1)CCCO2. The topological polar surface area (TPSA) is 78.5 Å². The molecule has 0 saturated heterocycles. The summed E-state index contributed by atoms with van der Waals surface area (Å²) >= 11 is 0. The van der Waals surface area contributed by atoms with Crippen LogP contribution >= 0.6 is 0 Å². The Kier molecular flexibility index (Phi) is 4.62. The number of aliphatic hydroxyl groups excluding tert-OH is 1. The Hall–Kier alpha value is -2.34. The van der Waals surface area contributed by atoms with E-state index in [1.165, 1.54) is 0 Å². The van der Waals surface area contributed by atoms with Crippen molar-refractivity contribution in [1.82, 2.24) is 14.9 Å². The van der Waals surface area contributed by atoms with Gasteiger partial charge in [0.25, 0.3) is 5.91 Å². The smallest absolute Gasteiger partial charge is 0.254 e. The van der Waals surface area contributed by atoms with Gasteiger partial charge in [0.05, 0.1) is 31.8 Å². The van der Waals surface area contributed by atoms with Crippen LogP contribution in [0.25, 0.3) is 0 Å². The predicted molar refractivity (Wildman–Crippen MR) is 85.4 cm³/mol. The number of amides is 1. The summed E-state index contributed by atoms with van der Waals surface area (Å²) in [5, 5.41) is 9.28. The van der Waals surface area contributed by atoms with E-state index >= 15 is 0 Å². The van der Waals surface area contributed by atoms with Crippen LogP contribution in [0.1, 0.15) is 33.7 Å². The fourth-order valence-electron chi connectivity index (χ4n) is 2.78. The van der Waals surface area contributed by atoms with Crippen molar-refractivity contribution in [2.75, 3.05) is 19.8 Å². The number of ether oxygens (including phenoxy) is 1. The Balaban J connectivity index is 1.81. The molecule has 23 heavy (non-hydrogen) atoms. The summed E-state index contributed by atoms with van der Waals surface area (Å²) in [7, 11) is 0. The summed E-state index contributed by atoms with van der Waals surface area (Å²) in [6.45, 7) is 3.22. The molecule has 0 unspecified atom stereocenters. The standard InChI is InChI=1S/C17H21N3O3/c1-12-15(19-11-18-12)10-20(6-7-21)17(22)14-4-5-16-13(9-14)3-2-8-23-16/h4-5,9,11,21H,2-3,6-8,10H2,1H3,(H,18,19). The van der Waals surface area contributed by atoms with Crippen LogP contribution in [0.5, 0.6) is 5.75 Å². The molecule has 1 aliphatic heterocycles. The first-order chi connectivity index (χ1) is 11.2. The fraction of sp³-hybridized carbons (Fsp3) is 0.412. The Morgan fingerprint density at radius 2 is 2.35 bits per heavy atom. The Bertz CT molecular complexity index is 696. The number of nitrogens with zero attached hydrogens (tertiary/aromatic N) is 2. The van der Waals surface area contributed by atoms with E-state index in [4.69, 9.17) is 4.74 Å². The van der Waals surface area contributed by atoms with E-state index in [-0.39, 0.29) is 19.1 Å². The van der Waals surface area contributed by atoms with Gasteiger partial charge >= 0.3 is 0 Å². The first kappa shape index (κ1) is 15.6. The first-order valence-electron chi connectivity index (χ1n) is 7.83. The van der Waals surface area contributed by atoms with Crippen LogP contribution in [0, 0.1) is 6.92 Å². The molecule has 0 bridgehead atoms. The van der Waals surface area contributed by atoms with Gasteiger partial charge in [-0.25, -0.2) is 4.98 Å². The van der Waals surface area contributed by atoms with E-state index in [0.717, 1.165) is 42.1 Å². The van der Waals surface area contributed by atoms with Crippen molar-refractivity contribution in [2.24, 2.45) is 0 Å². The number of rotatable bonds is 5. The molecule has 0 saturated carbocycles. The molecule has 0 atom stereocenters. The number of hydrogen-bond donors (Lipinski definition) is 2. The maximum Gasteiger partial charge on any atom is 0.254 e. The lowest BCUT2D eigenvalue weighted by Gasteiger charge is -2.23. The summed E-state index contributed by atoms with van der Waals surface area (Å²) in [6, 6.07) is 5.55. The number of benzene rings is 1. The summed E-state index contributed by atoms with van der Waals surface area (Å²) in [6.07, 6.45) is 3.51. The van der Waals surface area contributed by atoms with Gasteiger partial charge in [0.15, 0.2) is 0 Å². The molecule has 0 fully saturated rings. The number of fused-ring (bicyclic) bond motifs is 1. The van der Waals surface area contributed by atoms with Crippen LogP contribution in [0.2, 0.25) is 0 Å². The molecule has 6 nitrogen and oxygen atoms in total. The Morgan fingerprint density at radius 1 is 1.48 bits per heavy atom. The molecule has 2 aromatic rings. The molecule has 0 radical (unpaired) electrons. The third-order valence-electron chi connectivity index (χ3n) is 4.09. The molecule has 1 aromatic heterocycles. The van der Waals surface area contributed by atoms with Crippen LogP contribution in [0.3, 0.4) is 0 Å². The van der Waals surface area contributed by atoms with Crippen molar-refractivity contribution in [2.45, 2.75) is 26.3 Å². The van der Waals surface area contributed by atoms with Crippen LogP contribution in [0.4, 0.5) is 0 Å². The highest BCUT2D eigenvalue weighted by Crippen LogP contribution is 2.26. The lowest BCUT2D eigenvalue weighted by atomic mass is 10.0. The molecular formula is C17H21N3O3. The normalized spacial score (nSPS) is 13.3. The summed E-state index contributed by atoms with van der Waals surface area (Å²) in [4.78, 5) is 21.7. The zero-order chi connectivity index (χ0) is 16.2. The number of aromatic amines is 1. The average Bonchev–Trinajstić information content (AvgIpc) is 2.98. The molecule has 1 aliphatic rings. The molecule has 2 N–H and O–H groups in total. The highest BCUT2D eigenvalue weighted by molar-refractivity contribution is 5.94. The van der Waals surface area contributed by atoms with Gasteiger partial charge in [-0.3, -0.25) is 4.79 Å². The molecule has 2 heterocycles. The summed E-state index contributed by atoms with van der Waals surface area (Å²) in [5.41, 5.74) is 3.44. The zero-order valence-corrected chi connectivity index (χ0v) is 13.2. The largest absolute Gasteiger partial charge is 0.493 e. The third-order valence-corrected chi connectivity index (χ3v) is 4.09. The second-order valence-electron chi connectivity index (χ2n) is 5.70. The van der Waals surface area contributed by atoms with Gasteiger partial charge in [-0.2, -0.15) is 0 Å². The minimum atomic E-state index is -0.102. The van der Waals surface area contributed by atoms with Crippen molar-refractivity contribution in [3.8, 4) is 5.75 Å². The van der Waals surface area contributed by atoms with Crippen molar-refractivity contribution in [1.29, 1.82) is 0 Å². The number of imidazole rings is 1. The van der Waals surface area contributed by atoms with Gasteiger partial charge < -0.3 is 19.7 Å². The van der Waals surface area contributed by atoms with E-state index < -0.39 is 0 Å². The molecule has 0 aliphatic carbocycles. The molecule has 1 amide bonds. The molecule has 122 valence electrons. The van der Waals surface area contributed by atoms with Gasteiger partial charge in [0, 0.05) is 17.8 Å². The lowest BCUT2D eigenvalue weighted by molar-refractivity contribution is 0.0705. The van der Waals surface area contributed by atoms with Crippen LogP contribution in [0.15, 0.2) is 24.5 Å². The maximum atomic E-state index is 12.8. The van der Waals surface area contributed by atoms with E-state index in [1.54, 1.807) is 17.3 Å². The molecular weight excluding hydrogens is 294 g/mol. The van der Waals surface area contributed by atoms with Crippen LogP contribution in [-0.2, 0) is 13.0 Å². The first-order valence-corrected chi connectivity index (χ1v) is 7.83. The number of aromatic nitrogens is 2. The van der Waals surface area contributed by atoms with Crippen molar-refractivity contribution < 1.29 is 14.6 Å². The van der Waals surface area contributed by atoms with Crippen LogP contribution in [-0.4, -0.2) is 45.6 Å². The third kappa shape index (κ3) is 3.37. The van der Waals surface area contributed by atoms with Gasteiger partial charge in [0.2, 0.25) is 0 Å².